The van der Waals surface area contributed by atoms with E-state index in [2.05, 4.69) is 23.5 Å². The monoisotopic (exact) mass is 254 g/mol. The zero-order chi connectivity index (χ0) is 13.3. The van der Waals surface area contributed by atoms with Crippen molar-refractivity contribution in [1.82, 2.24) is 10.8 Å². The second-order valence-corrected chi connectivity index (χ2v) is 4.21. The summed E-state index contributed by atoms with van der Waals surface area (Å²) in [6, 6.07) is 0. The van der Waals surface area contributed by atoms with Crippen LogP contribution in [0.2, 0.25) is 0 Å². The lowest BCUT2D eigenvalue weighted by molar-refractivity contribution is -0.527. The molecule has 0 radical (unpaired) electrons. The highest BCUT2D eigenvalue weighted by molar-refractivity contribution is 4.56. The fourth-order valence-corrected chi connectivity index (χ4v) is 1.37. The van der Waals surface area contributed by atoms with Crippen molar-refractivity contribution < 1.29 is 30.5 Å². The van der Waals surface area contributed by atoms with Crippen molar-refractivity contribution in [3.05, 3.63) is 0 Å². The van der Waals surface area contributed by atoms with Crippen molar-refractivity contribution in [2.45, 2.75) is 45.6 Å². The molecule has 0 spiro atoms. The summed E-state index contributed by atoms with van der Waals surface area (Å²) in [6.45, 7) is 4.04. The average Bonchev–Trinajstić information content (AvgIpc) is 2.19. The lowest BCUT2D eigenvalue weighted by atomic mass is 10.0. The molecule has 0 aromatic carbocycles. The van der Waals surface area contributed by atoms with E-state index >= 15 is 0 Å². The highest BCUT2D eigenvalue weighted by atomic mass is 17.1. The molecular formula is C9H22N2O6. The Morgan fingerprint density at radius 3 is 2.00 bits per heavy atom. The van der Waals surface area contributed by atoms with Crippen LogP contribution in [0, 0.1) is 5.92 Å². The predicted molar refractivity (Wildman–Crippen MR) is 55.0 cm³/mol. The second-order valence-electron chi connectivity index (χ2n) is 4.21. The summed E-state index contributed by atoms with van der Waals surface area (Å²) in [5, 5.41) is 32.9. The molecule has 4 N–H and O–H groups in total. The molecule has 0 amide bonds. The minimum atomic E-state index is -0.668. The summed E-state index contributed by atoms with van der Waals surface area (Å²) in [7, 11) is 0. The summed E-state index contributed by atoms with van der Waals surface area (Å²) in [4.78, 5) is 8.93. The van der Waals surface area contributed by atoms with Gasteiger partial charge in [-0.2, -0.15) is 0 Å². The van der Waals surface area contributed by atoms with Gasteiger partial charge in [0.25, 0.3) is 0 Å². The van der Waals surface area contributed by atoms with Gasteiger partial charge in [-0.25, -0.2) is 9.68 Å². The molecule has 0 saturated heterocycles. The fraction of sp³-hybridized carbons (Fsp3) is 1.00. The lowest BCUT2D eigenvalue weighted by Gasteiger charge is -2.19. The Hall–Kier alpha value is -0.320. The van der Waals surface area contributed by atoms with Crippen LogP contribution in [0.4, 0.5) is 0 Å². The van der Waals surface area contributed by atoms with E-state index in [-0.39, 0.29) is 6.61 Å². The van der Waals surface area contributed by atoms with Gasteiger partial charge in [0.15, 0.2) is 0 Å². The Bertz CT molecular complexity index is 179. The highest BCUT2D eigenvalue weighted by Gasteiger charge is 2.14. The van der Waals surface area contributed by atoms with Gasteiger partial charge in [0.1, 0.15) is 12.7 Å². The standard InChI is InChI=1S/C9H22N2O6/c1-8(2)5-3-4-6-9(17-11(14)15)7-16-10(12)13/h8-9,12-15H,3-7H2,1-2H3/t9-/m1/s1. The number of nitrogens with zero attached hydrogens (tertiary/aromatic N) is 2. The summed E-state index contributed by atoms with van der Waals surface area (Å²) >= 11 is 0. The highest BCUT2D eigenvalue weighted by Crippen LogP contribution is 2.12. The zero-order valence-electron chi connectivity index (χ0n) is 10.2. The van der Waals surface area contributed by atoms with Crippen molar-refractivity contribution in [2.24, 2.45) is 5.92 Å². The second kappa shape index (κ2) is 9.68. The first kappa shape index (κ1) is 16.7. The third-order valence-electron chi connectivity index (χ3n) is 2.18. The molecule has 17 heavy (non-hydrogen) atoms. The number of rotatable bonds is 10. The molecule has 0 aromatic heterocycles. The predicted octanol–water partition coefficient (Wildman–Crippen LogP) is 1.60. The molecule has 0 aliphatic rings. The Kier molecular flexibility index (Phi) is 9.50. The van der Waals surface area contributed by atoms with Gasteiger partial charge in [-0.15, -0.1) is 0 Å². The van der Waals surface area contributed by atoms with Crippen molar-refractivity contribution in [3.8, 4) is 0 Å². The van der Waals surface area contributed by atoms with Gasteiger partial charge in [-0.1, -0.05) is 33.1 Å². The molecule has 8 nitrogen and oxygen atoms in total. The van der Waals surface area contributed by atoms with Crippen molar-refractivity contribution in [3.63, 3.8) is 0 Å². The van der Waals surface area contributed by atoms with Gasteiger partial charge in [-0.05, 0) is 12.3 Å². The maximum absolute atomic E-state index is 8.51. The summed E-state index contributed by atoms with van der Waals surface area (Å²) < 4.78 is 0. The van der Waals surface area contributed by atoms with Crippen LogP contribution in [0.15, 0.2) is 0 Å². The largest absolute Gasteiger partial charge is 0.266 e. The molecule has 0 aliphatic heterocycles. The van der Waals surface area contributed by atoms with E-state index in [9.17, 15) is 0 Å². The van der Waals surface area contributed by atoms with E-state index in [0.29, 0.717) is 12.3 Å². The molecule has 0 saturated carbocycles. The van der Waals surface area contributed by atoms with Gasteiger partial charge in [0, 0.05) is 0 Å². The molecule has 0 unspecified atom stereocenters. The Morgan fingerprint density at radius 1 is 0.941 bits per heavy atom. The molecule has 8 heteroatoms. The van der Waals surface area contributed by atoms with E-state index in [4.69, 9.17) is 20.8 Å². The van der Waals surface area contributed by atoms with Crippen LogP contribution < -0.4 is 0 Å². The third-order valence-corrected chi connectivity index (χ3v) is 2.18. The van der Waals surface area contributed by atoms with Crippen LogP contribution in [-0.4, -0.2) is 44.3 Å². The first-order valence-electron chi connectivity index (χ1n) is 5.57. The van der Waals surface area contributed by atoms with E-state index in [1.807, 2.05) is 0 Å². The van der Waals surface area contributed by atoms with E-state index < -0.39 is 16.9 Å². The minimum absolute atomic E-state index is 0.202. The first-order chi connectivity index (χ1) is 7.91. The molecule has 0 aromatic rings. The van der Waals surface area contributed by atoms with Crippen LogP contribution in [-0.2, 0) is 9.68 Å². The molecule has 0 heterocycles. The van der Waals surface area contributed by atoms with Gasteiger partial charge in [-0.3, -0.25) is 20.8 Å². The number of hydrogen-bond acceptors (Lipinski definition) is 8. The molecule has 0 fully saturated rings. The lowest BCUT2D eigenvalue weighted by Crippen LogP contribution is -2.31. The Labute approximate surface area is 100 Å². The minimum Gasteiger partial charge on any atom is -0.266 e. The number of hydrogen-bond donors (Lipinski definition) is 4. The van der Waals surface area contributed by atoms with Crippen LogP contribution in [0.3, 0.4) is 0 Å². The van der Waals surface area contributed by atoms with Gasteiger partial charge < -0.3 is 0 Å². The molecule has 1 atom stereocenters. The van der Waals surface area contributed by atoms with Crippen LogP contribution in [0.1, 0.15) is 39.5 Å². The quantitative estimate of drug-likeness (QED) is 0.344. The molecule has 0 bridgehead atoms. The molecular weight excluding hydrogens is 232 g/mol. The van der Waals surface area contributed by atoms with E-state index in [0.717, 1.165) is 19.3 Å². The van der Waals surface area contributed by atoms with Gasteiger partial charge >= 0.3 is 0 Å². The smallest absolute Gasteiger partial charge is 0.110 e. The molecule has 0 aliphatic carbocycles. The van der Waals surface area contributed by atoms with E-state index in [1.54, 1.807) is 0 Å². The summed E-state index contributed by atoms with van der Waals surface area (Å²) in [6.07, 6.45) is 2.71. The van der Waals surface area contributed by atoms with Gasteiger partial charge in [0.05, 0.1) is 10.8 Å². The Morgan fingerprint density at radius 2 is 1.53 bits per heavy atom. The molecule has 104 valence electrons. The normalized spacial score (nSPS) is 13.9. The summed E-state index contributed by atoms with van der Waals surface area (Å²) in [5.41, 5.74) is 0. The molecule has 0 rings (SSSR count). The SMILES string of the molecule is CC(C)CCCC[C@H](CON(O)O)ON(O)O. The third kappa shape index (κ3) is 11.9. The van der Waals surface area contributed by atoms with Crippen molar-refractivity contribution in [1.29, 1.82) is 0 Å². The van der Waals surface area contributed by atoms with Crippen LogP contribution in [0.25, 0.3) is 0 Å². The van der Waals surface area contributed by atoms with Crippen LogP contribution in [0.5, 0.6) is 0 Å². The topological polar surface area (TPSA) is 106 Å². The van der Waals surface area contributed by atoms with Crippen molar-refractivity contribution in [2.75, 3.05) is 6.61 Å². The van der Waals surface area contributed by atoms with Gasteiger partial charge in [0.2, 0.25) is 0 Å². The fourth-order valence-electron chi connectivity index (χ4n) is 1.37. The van der Waals surface area contributed by atoms with Crippen molar-refractivity contribution >= 4 is 0 Å². The Balaban J connectivity index is 3.76. The first-order valence-corrected chi connectivity index (χ1v) is 5.57. The van der Waals surface area contributed by atoms with Crippen LogP contribution >= 0.6 is 0 Å². The zero-order valence-corrected chi connectivity index (χ0v) is 10.2. The summed E-state index contributed by atoms with van der Waals surface area (Å²) in [5.74, 6) is 0.614. The maximum atomic E-state index is 8.51. The maximum Gasteiger partial charge on any atom is 0.110 e. The van der Waals surface area contributed by atoms with E-state index in [1.165, 1.54) is 0 Å². The number of unbranched alkanes of at least 4 members (excludes halogenated alkanes) is 1. The average molecular weight is 254 g/mol.